The van der Waals surface area contributed by atoms with Crippen molar-refractivity contribution in [2.75, 3.05) is 6.54 Å². The zero-order chi connectivity index (χ0) is 13.9. The third-order valence-corrected chi connectivity index (χ3v) is 4.44. The van der Waals surface area contributed by atoms with Gasteiger partial charge in [-0.05, 0) is 48.3 Å². The van der Waals surface area contributed by atoms with E-state index in [2.05, 4.69) is 57.3 Å². The van der Waals surface area contributed by atoms with Gasteiger partial charge < -0.3 is 5.32 Å². The average molecular weight is 259 g/mol. The third kappa shape index (κ3) is 3.82. The molecule has 1 nitrogen and oxygen atoms in total. The molecule has 0 bridgehead atoms. The summed E-state index contributed by atoms with van der Waals surface area (Å²) in [5, 5.41) is 3.65. The predicted octanol–water partition coefficient (Wildman–Crippen LogP) is 4.30. The molecule has 0 radical (unpaired) electrons. The monoisotopic (exact) mass is 259 g/mol. The topological polar surface area (TPSA) is 12.0 Å². The highest BCUT2D eigenvalue weighted by molar-refractivity contribution is 5.28. The number of rotatable bonds is 4. The zero-order valence-corrected chi connectivity index (χ0v) is 13.0. The van der Waals surface area contributed by atoms with E-state index in [0.717, 1.165) is 18.5 Å². The van der Waals surface area contributed by atoms with Crippen LogP contribution in [-0.4, -0.2) is 12.6 Å². The lowest BCUT2D eigenvalue weighted by Crippen LogP contribution is -2.33. The average Bonchev–Trinajstić information content (AvgIpc) is 2.77. The Morgan fingerprint density at radius 2 is 1.79 bits per heavy atom. The van der Waals surface area contributed by atoms with Crippen molar-refractivity contribution in [1.29, 1.82) is 0 Å². The van der Waals surface area contributed by atoms with Crippen LogP contribution in [0.25, 0.3) is 0 Å². The molecule has 1 N–H and O–H groups in total. The highest BCUT2D eigenvalue weighted by Crippen LogP contribution is 2.29. The highest BCUT2D eigenvalue weighted by Gasteiger charge is 2.26. The lowest BCUT2D eigenvalue weighted by Gasteiger charge is -2.22. The molecule has 2 rings (SSSR count). The van der Waals surface area contributed by atoms with Crippen molar-refractivity contribution < 1.29 is 0 Å². The number of nitrogens with one attached hydrogen (secondary N) is 1. The van der Waals surface area contributed by atoms with Gasteiger partial charge in [-0.2, -0.15) is 0 Å². The molecule has 2 unspecified atom stereocenters. The van der Waals surface area contributed by atoms with Crippen molar-refractivity contribution >= 4 is 0 Å². The molecule has 19 heavy (non-hydrogen) atoms. The maximum absolute atomic E-state index is 3.65. The summed E-state index contributed by atoms with van der Waals surface area (Å²) in [4.78, 5) is 0. The van der Waals surface area contributed by atoms with Crippen molar-refractivity contribution in [3.63, 3.8) is 0 Å². The number of hydrogen-bond donors (Lipinski definition) is 1. The van der Waals surface area contributed by atoms with Gasteiger partial charge in [-0.15, -0.1) is 0 Å². The highest BCUT2D eigenvalue weighted by atomic mass is 14.9. The van der Waals surface area contributed by atoms with Gasteiger partial charge in [0.2, 0.25) is 0 Å². The fraction of sp³-hybridized carbons (Fsp3) is 0.667. The van der Waals surface area contributed by atoms with Gasteiger partial charge in [0, 0.05) is 6.04 Å². The second-order valence-corrected chi connectivity index (χ2v) is 7.01. The Morgan fingerprint density at radius 1 is 1.11 bits per heavy atom. The van der Waals surface area contributed by atoms with Gasteiger partial charge in [0.15, 0.2) is 0 Å². The quantitative estimate of drug-likeness (QED) is 0.850. The van der Waals surface area contributed by atoms with Crippen LogP contribution in [0.3, 0.4) is 0 Å². The van der Waals surface area contributed by atoms with E-state index in [-0.39, 0.29) is 5.41 Å². The maximum atomic E-state index is 3.65. The molecule has 1 aliphatic rings. The molecule has 0 aromatic heterocycles. The van der Waals surface area contributed by atoms with Gasteiger partial charge >= 0.3 is 0 Å². The van der Waals surface area contributed by atoms with E-state index in [1.54, 1.807) is 0 Å². The maximum Gasteiger partial charge on any atom is 0.00983 e. The summed E-state index contributed by atoms with van der Waals surface area (Å²) < 4.78 is 0. The summed E-state index contributed by atoms with van der Waals surface area (Å²) in [7, 11) is 0. The molecule has 1 aromatic carbocycles. The molecule has 106 valence electrons. The predicted molar refractivity (Wildman–Crippen MR) is 83.7 cm³/mol. The van der Waals surface area contributed by atoms with Gasteiger partial charge in [-0.1, -0.05) is 58.4 Å². The molecule has 1 saturated carbocycles. The van der Waals surface area contributed by atoms with E-state index >= 15 is 0 Å². The van der Waals surface area contributed by atoms with Crippen LogP contribution in [0.4, 0.5) is 0 Å². The first-order chi connectivity index (χ1) is 9.00. The van der Waals surface area contributed by atoms with E-state index in [0.29, 0.717) is 0 Å². The van der Waals surface area contributed by atoms with E-state index in [9.17, 15) is 0 Å². The summed E-state index contributed by atoms with van der Waals surface area (Å²) >= 11 is 0. The van der Waals surface area contributed by atoms with Crippen molar-refractivity contribution in [3.8, 4) is 0 Å². The van der Waals surface area contributed by atoms with Crippen LogP contribution >= 0.6 is 0 Å². The fourth-order valence-electron chi connectivity index (χ4n) is 3.26. The van der Waals surface area contributed by atoms with E-state index in [4.69, 9.17) is 0 Å². The lowest BCUT2D eigenvalue weighted by molar-refractivity contribution is 0.406. The van der Waals surface area contributed by atoms with Crippen LogP contribution in [0, 0.1) is 5.92 Å². The van der Waals surface area contributed by atoms with E-state index < -0.39 is 0 Å². The molecule has 2 atom stereocenters. The molecule has 0 aliphatic heterocycles. The SMILES string of the molecule is CCNC1CCCC1Cc1ccc(C(C)(C)C)cc1. The Bertz CT molecular complexity index is 385. The van der Waals surface area contributed by atoms with E-state index in [1.807, 2.05) is 0 Å². The second kappa shape index (κ2) is 6.09. The largest absolute Gasteiger partial charge is 0.314 e. The summed E-state index contributed by atoms with van der Waals surface area (Å²) in [6, 6.07) is 10.0. The first-order valence-corrected chi connectivity index (χ1v) is 7.83. The Morgan fingerprint density at radius 3 is 2.37 bits per heavy atom. The zero-order valence-electron chi connectivity index (χ0n) is 13.0. The van der Waals surface area contributed by atoms with Gasteiger partial charge in [0.05, 0.1) is 0 Å². The smallest absolute Gasteiger partial charge is 0.00983 e. The molecule has 1 heteroatoms. The minimum Gasteiger partial charge on any atom is -0.314 e. The molecule has 0 saturated heterocycles. The molecular formula is C18H29N. The first kappa shape index (κ1) is 14.6. The van der Waals surface area contributed by atoms with E-state index in [1.165, 1.54) is 36.8 Å². The van der Waals surface area contributed by atoms with Crippen molar-refractivity contribution in [3.05, 3.63) is 35.4 Å². The summed E-state index contributed by atoms with van der Waals surface area (Å²) in [6.07, 6.45) is 5.38. The van der Waals surface area contributed by atoms with Gasteiger partial charge in [-0.25, -0.2) is 0 Å². The molecule has 0 amide bonds. The molecule has 1 fully saturated rings. The Hall–Kier alpha value is -0.820. The van der Waals surface area contributed by atoms with Crippen LogP contribution in [-0.2, 0) is 11.8 Å². The Labute approximate surface area is 118 Å². The van der Waals surface area contributed by atoms with Crippen LogP contribution < -0.4 is 5.32 Å². The van der Waals surface area contributed by atoms with Gasteiger partial charge in [0.1, 0.15) is 0 Å². The minimum absolute atomic E-state index is 0.262. The van der Waals surface area contributed by atoms with Crippen LogP contribution in [0.15, 0.2) is 24.3 Å². The normalized spacial score (nSPS) is 23.8. The molecular weight excluding hydrogens is 230 g/mol. The second-order valence-electron chi connectivity index (χ2n) is 7.01. The standard InChI is InChI=1S/C18H29N/c1-5-19-17-8-6-7-15(17)13-14-9-11-16(12-10-14)18(2,3)4/h9-12,15,17,19H,5-8,13H2,1-4H3. The summed E-state index contributed by atoms with van der Waals surface area (Å²) in [5.41, 5.74) is 3.20. The van der Waals surface area contributed by atoms with Crippen LogP contribution in [0.5, 0.6) is 0 Å². The summed E-state index contributed by atoms with van der Waals surface area (Å²) in [5.74, 6) is 0.834. The van der Waals surface area contributed by atoms with Crippen molar-refractivity contribution in [2.24, 2.45) is 5.92 Å². The third-order valence-electron chi connectivity index (χ3n) is 4.44. The van der Waals surface area contributed by atoms with Gasteiger partial charge in [0.25, 0.3) is 0 Å². The van der Waals surface area contributed by atoms with Crippen molar-refractivity contribution in [1.82, 2.24) is 5.32 Å². The van der Waals surface area contributed by atoms with Crippen LogP contribution in [0.2, 0.25) is 0 Å². The summed E-state index contributed by atoms with van der Waals surface area (Å²) in [6.45, 7) is 10.2. The van der Waals surface area contributed by atoms with Crippen molar-refractivity contribution in [2.45, 2.75) is 64.8 Å². The molecule has 0 heterocycles. The molecule has 1 aromatic rings. The molecule has 1 aliphatic carbocycles. The Balaban J connectivity index is 1.99. The number of benzene rings is 1. The van der Waals surface area contributed by atoms with Crippen LogP contribution in [0.1, 0.15) is 58.1 Å². The number of hydrogen-bond acceptors (Lipinski definition) is 1. The Kier molecular flexibility index (Phi) is 4.67. The van der Waals surface area contributed by atoms with Gasteiger partial charge in [-0.3, -0.25) is 0 Å². The first-order valence-electron chi connectivity index (χ1n) is 7.83. The lowest BCUT2D eigenvalue weighted by atomic mass is 9.85. The fourth-order valence-corrected chi connectivity index (χ4v) is 3.26. The minimum atomic E-state index is 0.262. The molecule has 0 spiro atoms.